The Labute approximate surface area is 200 Å². The fourth-order valence-electron chi connectivity index (χ4n) is 3.79. The van der Waals surface area contributed by atoms with Gasteiger partial charge in [0.15, 0.2) is 0 Å². The van der Waals surface area contributed by atoms with Gasteiger partial charge in [0.05, 0.1) is 22.6 Å². The number of carbonyl (C=O) groups excluding carboxylic acids is 1. The molecule has 9 nitrogen and oxygen atoms in total. The minimum atomic E-state index is -0.528. The van der Waals surface area contributed by atoms with E-state index < -0.39 is 11.7 Å². The molecule has 2 aromatic carbocycles. The van der Waals surface area contributed by atoms with Crippen molar-refractivity contribution in [2.45, 2.75) is 20.4 Å². The molecular weight excluding hydrogens is 447 g/mol. The third kappa shape index (κ3) is 4.67. The van der Waals surface area contributed by atoms with Gasteiger partial charge in [-0.15, -0.1) is 0 Å². The number of aromatic nitrogens is 6. The lowest BCUT2D eigenvalue weighted by atomic mass is 10.1. The first-order chi connectivity index (χ1) is 17.0. The Balaban J connectivity index is 1.34. The van der Waals surface area contributed by atoms with Crippen LogP contribution in [0, 0.1) is 12.7 Å². The Bertz CT molecular complexity index is 1530. The van der Waals surface area contributed by atoms with Crippen molar-refractivity contribution in [2.75, 3.05) is 10.6 Å². The Morgan fingerprint density at radius 3 is 2.77 bits per heavy atom. The number of rotatable bonds is 7. The summed E-state index contributed by atoms with van der Waals surface area (Å²) in [6.07, 6.45) is 7.18. The average molecular weight is 471 g/mol. The number of hydrogen-bond donors (Lipinski definition) is 4. The number of benzene rings is 2. The second-order valence-electron chi connectivity index (χ2n) is 7.94. The normalized spacial score (nSPS) is 11.4. The fraction of sp³-hybridized carbons (Fsp3) is 0.120. The van der Waals surface area contributed by atoms with Gasteiger partial charge in [-0.05, 0) is 68.5 Å². The number of imidazole rings is 1. The zero-order chi connectivity index (χ0) is 24.4. The van der Waals surface area contributed by atoms with Crippen molar-refractivity contribution in [3.63, 3.8) is 0 Å². The lowest BCUT2D eigenvalue weighted by molar-refractivity contribution is 0.101. The lowest BCUT2D eigenvalue weighted by Gasteiger charge is -2.11. The van der Waals surface area contributed by atoms with Crippen LogP contribution < -0.4 is 10.6 Å². The quantitative estimate of drug-likeness (QED) is 0.264. The molecule has 1 amide bonds. The van der Waals surface area contributed by atoms with E-state index in [0.717, 1.165) is 33.8 Å². The molecule has 0 atom stereocenters. The zero-order valence-electron chi connectivity index (χ0n) is 19.1. The maximum atomic E-state index is 14.5. The van der Waals surface area contributed by atoms with Gasteiger partial charge in [-0.25, -0.2) is 9.37 Å². The van der Waals surface area contributed by atoms with Crippen molar-refractivity contribution < 1.29 is 9.18 Å². The summed E-state index contributed by atoms with van der Waals surface area (Å²) in [7, 11) is 0. The van der Waals surface area contributed by atoms with E-state index in [0.29, 0.717) is 17.9 Å². The molecule has 10 heteroatoms. The van der Waals surface area contributed by atoms with E-state index in [1.165, 1.54) is 6.07 Å². The number of halogens is 1. The van der Waals surface area contributed by atoms with Crippen LogP contribution in [0.1, 0.15) is 34.6 Å². The van der Waals surface area contributed by atoms with E-state index in [1.807, 2.05) is 44.2 Å². The van der Waals surface area contributed by atoms with E-state index in [2.05, 4.69) is 35.9 Å². The summed E-state index contributed by atoms with van der Waals surface area (Å²) in [6.45, 7) is 4.24. The Hall–Kier alpha value is -4.73. The van der Waals surface area contributed by atoms with E-state index in [-0.39, 0.29) is 5.69 Å². The standard InChI is InChI=1S/C25H23FN8O/c1-3-34-23(12-15(2)33-34)25(35)30-22-14-17(5-7-19(22)26)29-16-4-6-18-20(31-32-21(18)13-16)8-9-24-27-10-11-28-24/h4-14,29H,3H2,1-2H3,(H,27,28)(H,30,35)(H,31,32). The van der Waals surface area contributed by atoms with Crippen molar-refractivity contribution >= 4 is 46.0 Å². The van der Waals surface area contributed by atoms with E-state index in [1.54, 1.807) is 35.3 Å². The summed E-state index contributed by atoms with van der Waals surface area (Å²) in [5.74, 6) is -0.203. The van der Waals surface area contributed by atoms with Gasteiger partial charge in [-0.2, -0.15) is 10.2 Å². The highest BCUT2D eigenvalue weighted by Gasteiger charge is 2.15. The zero-order valence-corrected chi connectivity index (χ0v) is 19.1. The van der Waals surface area contributed by atoms with Crippen LogP contribution in [-0.4, -0.2) is 35.9 Å². The molecule has 176 valence electrons. The predicted molar refractivity (Wildman–Crippen MR) is 134 cm³/mol. The van der Waals surface area contributed by atoms with Gasteiger partial charge >= 0.3 is 0 Å². The Kier molecular flexibility index (Phi) is 5.84. The summed E-state index contributed by atoms with van der Waals surface area (Å²) < 4.78 is 16.1. The molecule has 0 aliphatic heterocycles. The minimum absolute atomic E-state index is 0.0782. The number of aromatic amines is 2. The summed E-state index contributed by atoms with van der Waals surface area (Å²) in [5, 5.41) is 18.5. The molecule has 0 fully saturated rings. The topological polar surface area (TPSA) is 116 Å². The van der Waals surface area contributed by atoms with E-state index in [9.17, 15) is 9.18 Å². The molecule has 0 saturated carbocycles. The van der Waals surface area contributed by atoms with Crippen molar-refractivity contribution in [3.8, 4) is 0 Å². The van der Waals surface area contributed by atoms with Gasteiger partial charge in [0.2, 0.25) is 0 Å². The van der Waals surface area contributed by atoms with Gasteiger partial charge < -0.3 is 15.6 Å². The molecule has 0 radical (unpaired) electrons. The maximum absolute atomic E-state index is 14.5. The molecule has 0 aliphatic carbocycles. The largest absolute Gasteiger partial charge is 0.355 e. The number of fused-ring (bicyclic) bond motifs is 1. The molecule has 5 rings (SSSR count). The first kappa shape index (κ1) is 22.1. The first-order valence-corrected chi connectivity index (χ1v) is 11.1. The predicted octanol–water partition coefficient (Wildman–Crippen LogP) is 5.12. The monoisotopic (exact) mass is 470 g/mol. The van der Waals surface area contributed by atoms with Crippen LogP contribution in [0.5, 0.6) is 0 Å². The molecule has 0 aliphatic rings. The summed E-state index contributed by atoms with van der Waals surface area (Å²) >= 11 is 0. The van der Waals surface area contributed by atoms with Gasteiger partial charge in [-0.3, -0.25) is 14.6 Å². The lowest BCUT2D eigenvalue weighted by Crippen LogP contribution is -2.18. The van der Waals surface area contributed by atoms with Crippen LogP contribution in [0.15, 0.2) is 54.9 Å². The SMILES string of the molecule is CCn1nc(C)cc1C(=O)Nc1cc(Nc2ccc3c(C=Cc4ncc[nH]4)n[nH]c3c2)ccc1F. The average Bonchev–Trinajstić information content (AvgIpc) is 3.59. The Morgan fingerprint density at radius 1 is 1.14 bits per heavy atom. The number of nitrogens with zero attached hydrogens (tertiary/aromatic N) is 4. The molecule has 5 aromatic rings. The van der Waals surface area contributed by atoms with Crippen molar-refractivity contribution in [3.05, 3.63) is 83.6 Å². The summed E-state index contributed by atoms with van der Waals surface area (Å²) in [5.41, 5.74) is 4.22. The molecule has 0 bridgehead atoms. The second kappa shape index (κ2) is 9.26. The third-order valence-electron chi connectivity index (χ3n) is 5.45. The highest BCUT2D eigenvalue weighted by atomic mass is 19.1. The number of hydrogen-bond acceptors (Lipinski definition) is 5. The number of carbonyl (C=O) groups is 1. The Morgan fingerprint density at radius 2 is 1.97 bits per heavy atom. The van der Waals surface area contributed by atoms with Gasteiger partial charge in [0.25, 0.3) is 5.91 Å². The van der Waals surface area contributed by atoms with Gasteiger partial charge in [0.1, 0.15) is 17.3 Å². The molecule has 0 saturated heterocycles. The van der Waals surface area contributed by atoms with Crippen LogP contribution in [0.3, 0.4) is 0 Å². The number of amides is 1. The molecule has 4 N–H and O–H groups in total. The molecule has 0 spiro atoms. The molecule has 3 aromatic heterocycles. The number of anilines is 3. The highest BCUT2D eigenvalue weighted by molar-refractivity contribution is 6.03. The second-order valence-corrected chi connectivity index (χ2v) is 7.94. The van der Waals surface area contributed by atoms with Crippen LogP contribution in [-0.2, 0) is 6.54 Å². The first-order valence-electron chi connectivity index (χ1n) is 11.1. The van der Waals surface area contributed by atoms with E-state index >= 15 is 0 Å². The summed E-state index contributed by atoms with van der Waals surface area (Å²) in [6, 6.07) is 11.9. The smallest absolute Gasteiger partial charge is 0.274 e. The highest BCUT2D eigenvalue weighted by Crippen LogP contribution is 2.27. The maximum Gasteiger partial charge on any atom is 0.274 e. The molecule has 35 heavy (non-hydrogen) atoms. The van der Waals surface area contributed by atoms with Gasteiger partial charge in [-0.1, -0.05) is 0 Å². The van der Waals surface area contributed by atoms with Crippen LogP contribution in [0.2, 0.25) is 0 Å². The molecular formula is C25H23FN8O. The van der Waals surface area contributed by atoms with E-state index in [4.69, 9.17) is 0 Å². The minimum Gasteiger partial charge on any atom is -0.355 e. The molecule has 3 heterocycles. The number of nitrogens with one attached hydrogen (secondary N) is 4. The van der Waals surface area contributed by atoms with Crippen LogP contribution in [0.25, 0.3) is 23.1 Å². The van der Waals surface area contributed by atoms with Crippen molar-refractivity contribution in [1.29, 1.82) is 0 Å². The third-order valence-corrected chi connectivity index (χ3v) is 5.45. The van der Waals surface area contributed by atoms with Gasteiger partial charge in [0, 0.05) is 35.7 Å². The van der Waals surface area contributed by atoms with Crippen LogP contribution >= 0.6 is 0 Å². The fourth-order valence-corrected chi connectivity index (χ4v) is 3.79. The summed E-state index contributed by atoms with van der Waals surface area (Å²) in [4.78, 5) is 19.9. The molecule has 0 unspecified atom stereocenters. The van der Waals surface area contributed by atoms with Crippen LogP contribution in [0.4, 0.5) is 21.5 Å². The number of H-pyrrole nitrogens is 2. The number of aryl methyl sites for hydroxylation is 2. The van der Waals surface area contributed by atoms with Crippen molar-refractivity contribution in [1.82, 2.24) is 29.9 Å². The van der Waals surface area contributed by atoms with Crippen molar-refractivity contribution in [2.24, 2.45) is 0 Å².